The molecule has 0 unspecified atom stereocenters. The van der Waals surface area contributed by atoms with Gasteiger partial charge in [-0.15, -0.1) is 0 Å². The average molecular weight is 340 g/mol. The van der Waals surface area contributed by atoms with Crippen molar-refractivity contribution in [2.45, 2.75) is 6.54 Å². The largest absolute Gasteiger partial charge is 0.383 e. The van der Waals surface area contributed by atoms with Crippen molar-refractivity contribution in [2.24, 2.45) is 0 Å². The van der Waals surface area contributed by atoms with E-state index in [4.69, 9.17) is 17.0 Å². The lowest BCUT2D eigenvalue weighted by Crippen LogP contribution is -2.31. The second-order valence-electron chi connectivity index (χ2n) is 5.41. The molecule has 0 aliphatic rings. The molecule has 124 valence electrons. The number of aromatic nitrogens is 2. The van der Waals surface area contributed by atoms with E-state index in [9.17, 15) is 0 Å². The van der Waals surface area contributed by atoms with Crippen molar-refractivity contribution < 1.29 is 4.74 Å². The molecule has 2 N–H and O–H groups in total. The summed E-state index contributed by atoms with van der Waals surface area (Å²) in [6.45, 7) is 1.99. The van der Waals surface area contributed by atoms with Gasteiger partial charge in [0.2, 0.25) is 0 Å². The lowest BCUT2D eigenvalue weighted by atomic mass is 10.0. The third kappa shape index (κ3) is 4.10. The third-order valence-corrected chi connectivity index (χ3v) is 3.93. The van der Waals surface area contributed by atoms with E-state index in [1.165, 1.54) is 16.3 Å². The number of fused-ring (bicyclic) bond motifs is 1. The molecule has 0 radical (unpaired) electrons. The van der Waals surface area contributed by atoms with Crippen molar-refractivity contribution >= 4 is 33.9 Å². The van der Waals surface area contributed by atoms with Gasteiger partial charge in [0.25, 0.3) is 0 Å². The molecule has 0 aliphatic heterocycles. The molecule has 6 heteroatoms. The summed E-state index contributed by atoms with van der Waals surface area (Å²) >= 11 is 5.22. The molecule has 0 bridgehead atoms. The highest BCUT2D eigenvalue weighted by molar-refractivity contribution is 7.80. The molecular weight excluding hydrogens is 320 g/mol. The van der Waals surface area contributed by atoms with Crippen molar-refractivity contribution in [3.8, 4) is 0 Å². The summed E-state index contributed by atoms with van der Waals surface area (Å²) < 4.78 is 6.88. The first-order valence-electron chi connectivity index (χ1n) is 7.80. The van der Waals surface area contributed by atoms with Gasteiger partial charge in [-0.3, -0.25) is 4.68 Å². The Kier molecular flexibility index (Phi) is 5.40. The van der Waals surface area contributed by atoms with Crippen LogP contribution in [0.15, 0.2) is 54.7 Å². The van der Waals surface area contributed by atoms with E-state index in [1.807, 2.05) is 16.9 Å². The number of nitrogens with one attached hydrogen (secondary N) is 2. The molecule has 3 aromatic rings. The fourth-order valence-corrected chi connectivity index (χ4v) is 2.76. The Morgan fingerprint density at radius 1 is 1.17 bits per heavy atom. The zero-order chi connectivity index (χ0) is 16.8. The van der Waals surface area contributed by atoms with Crippen LogP contribution in [-0.4, -0.2) is 35.2 Å². The Hall–Kier alpha value is -2.44. The van der Waals surface area contributed by atoms with Gasteiger partial charge in [-0.1, -0.05) is 42.5 Å². The van der Waals surface area contributed by atoms with Gasteiger partial charge in [-0.05, 0) is 28.6 Å². The highest BCUT2D eigenvalue weighted by Crippen LogP contribution is 2.19. The van der Waals surface area contributed by atoms with E-state index in [-0.39, 0.29) is 0 Å². The molecule has 2 aromatic carbocycles. The van der Waals surface area contributed by atoms with Gasteiger partial charge in [-0.2, -0.15) is 5.10 Å². The van der Waals surface area contributed by atoms with Crippen LogP contribution in [0.1, 0.15) is 5.56 Å². The van der Waals surface area contributed by atoms with Crippen LogP contribution >= 0.6 is 12.2 Å². The minimum atomic E-state index is 0.544. The highest BCUT2D eigenvalue weighted by atomic mass is 32.1. The summed E-state index contributed by atoms with van der Waals surface area (Å²) in [5.74, 6) is 0.727. The molecule has 0 aliphatic carbocycles. The van der Waals surface area contributed by atoms with Crippen molar-refractivity contribution in [1.82, 2.24) is 15.1 Å². The van der Waals surface area contributed by atoms with E-state index in [2.05, 4.69) is 58.2 Å². The quantitative estimate of drug-likeness (QED) is 0.534. The normalized spacial score (nSPS) is 10.7. The number of nitrogens with zero attached hydrogens (tertiary/aromatic N) is 2. The molecule has 24 heavy (non-hydrogen) atoms. The number of rotatable bonds is 6. The van der Waals surface area contributed by atoms with Crippen LogP contribution in [0.25, 0.3) is 10.8 Å². The maximum absolute atomic E-state index is 5.22. The van der Waals surface area contributed by atoms with Gasteiger partial charge >= 0.3 is 0 Å². The monoisotopic (exact) mass is 340 g/mol. The highest BCUT2D eigenvalue weighted by Gasteiger charge is 2.04. The Balaban J connectivity index is 1.66. The number of anilines is 1. The third-order valence-electron chi connectivity index (χ3n) is 3.69. The lowest BCUT2D eigenvalue weighted by molar-refractivity contribution is 0.204. The summed E-state index contributed by atoms with van der Waals surface area (Å²) in [7, 11) is 1.66. The SMILES string of the molecule is COCCNC(=S)Nc1ccn(Cc2cccc3ccccc23)n1. The number of hydrogen-bond donors (Lipinski definition) is 2. The Bertz CT molecular complexity index is 825. The first kappa shape index (κ1) is 16.4. The topological polar surface area (TPSA) is 51.1 Å². The van der Waals surface area contributed by atoms with E-state index >= 15 is 0 Å². The Labute approximate surface area is 146 Å². The van der Waals surface area contributed by atoms with Crippen molar-refractivity contribution in [3.63, 3.8) is 0 Å². The number of hydrogen-bond acceptors (Lipinski definition) is 3. The first-order chi connectivity index (χ1) is 11.8. The maximum atomic E-state index is 5.22. The first-order valence-corrected chi connectivity index (χ1v) is 8.21. The molecule has 3 rings (SSSR count). The van der Waals surface area contributed by atoms with Crippen LogP contribution < -0.4 is 10.6 Å². The van der Waals surface area contributed by atoms with Crippen LogP contribution in [-0.2, 0) is 11.3 Å². The zero-order valence-electron chi connectivity index (χ0n) is 13.5. The molecule has 0 saturated carbocycles. The summed E-state index contributed by atoms with van der Waals surface area (Å²) in [5, 5.41) is 13.7. The van der Waals surface area contributed by atoms with Crippen molar-refractivity contribution in [3.05, 3.63) is 60.3 Å². The summed E-state index contributed by atoms with van der Waals surface area (Å²) in [6, 6.07) is 16.6. The molecule has 0 spiro atoms. The average Bonchev–Trinajstić information content (AvgIpc) is 3.02. The van der Waals surface area contributed by atoms with E-state index in [0.29, 0.717) is 24.8 Å². The van der Waals surface area contributed by atoms with Gasteiger partial charge in [0.15, 0.2) is 10.9 Å². The van der Waals surface area contributed by atoms with Crippen LogP contribution in [0.3, 0.4) is 0 Å². The molecule has 0 atom stereocenters. The van der Waals surface area contributed by atoms with Gasteiger partial charge in [-0.25, -0.2) is 0 Å². The molecule has 1 aromatic heterocycles. The van der Waals surface area contributed by atoms with Gasteiger partial charge in [0, 0.05) is 25.9 Å². The molecule has 5 nitrogen and oxygen atoms in total. The standard InChI is InChI=1S/C18H20N4OS/c1-23-12-10-19-18(24)20-17-9-11-22(21-17)13-15-7-4-6-14-5-2-3-8-16(14)15/h2-9,11H,10,12-13H2,1H3,(H2,19,20,21,24). The predicted molar refractivity (Wildman–Crippen MR) is 101 cm³/mol. The van der Waals surface area contributed by atoms with E-state index in [1.54, 1.807) is 7.11 Å². The van der Waals surface area contributed by atoms with Crippen LogP contribution in [0.2, 0.25) is 0 Å². The van der Waals surface area contributed by atoms with E-state index < -0.39 is 0 Å². The van der Waals surface area contributed by atoms with Crippen LogP contribution in [0, 0.1) is 0 Å². The summed E-state index contributed by atoms with van der Waals surface area (Å²) in [6.07, 6.45) is 1.95. The minimum Gasteiger partial charge on any atom is -0.383 e. The van der Waals surface area contributed by atoms with Crippen LogP contribution in [0.5, 0.6) is 0 Å². The number of thiocarbonyl (C=S) groups is 1. The Morgan fingerprint density at radius 3 is 2.88 bits per heavy atom. The maximum Gasteiger partial charge on any atom is 0.172 e. The molecular formula is C18H20N4OS. The Morgan fingerprint density at radius 2 is 2.00 bits per heavy atom. The number of ether oxygens (including phenoxy) is 1. The number of methoxy groups -OCH3 is 1. The molecule has 0 fully saturated rings. The smallest absolute Gasteiger partial charge is 0.172 e. The van der Waals surface area contributed by atoms with E-state index in [0.717, 1.165) is 5.82 Å². The van der Waals surface area contributed by atoms with Crippen molar-refractivity contribution in [1.29, 1.82) is 0 Å². The second-order valence-corrected chi connectivity index (χ2v) is 5.82. The van der Waals surface area contributed by atoms with Gasteiger partial charge in [0.1, 0.15) is 0 Å². The minimum absolute atomic E-state index is 0.544. The molecule has 1 heterocycles. The van der Waals surface area contributed by atoms with Crippen LogP contribution in [0.4, 0.5) is 5.82 Å². The fraction of sp³-hybridized carbons (Fsp3) is 0.222. The second kappa shape index (κ2) is 7.90. The summed E-state index contributed by atoms with van der Waals surface area (Å²) in [5.41, 5.74) is 1.24. The fourth-order valence-electron chi connectivity index (χ4n) is 2.55. The van der Waals surface area contributed by atoms with Crippen molar-refractivity contribution in [2.75, 3.05) is 25.6 Å². The van der Waals surface area contributed by atoms with Gasteiger partial charge < -0.3 is 15.4 Å². The lowest BCUT2D eigenvalue weighted by Gasteiger charge is -2.08. The molecule has 0 amide bonds. The number of benzene rings is 2. The molecule has 0 saturated heterocycles. The zero-order valence-corrected chi connectivity index (χ0v) is 14.3. The predicted octanol–water partition coefficient (Wildman–Crippen LogP) is 3.02. The van der Waals surface area contributed by atoms with Gasteiger partial charge in [0.05, 0.1) is 13.2 Å². The summed E-state index contributed by atoms with van der Waals surface area (Å²) in [4.78, 5) is 0.